The summed E-state index contributed by atoms with van der Waals surface area (Å²) < 4.78 is 18.8. The number of benzene rings is 1. The summed E-state index contributed by atoms with van der Waals surface area (Å²) in [6, 6.07) is 4.39. The van der Waals surface area contributed by atoms with Gasteiger partial charge in [-0.2, -0.15) is 0 Å². The Labute approximate surface area is 101 Å². The van der Waals surface area contributed by atoms with E-state index < -0.39 is 0 Å². The van der Waals surface area contributed by atoms with Gasteiger partial charge in [0.25, 0.3) is 0 Å². The van der Waals surface area contributed by atoms with Gasteiger partial charge in [0.05, 0.1) is 6.04 Å². The average molecular weight is 235 g/mol. The van der Waals surface area contributed by atoms with Gasteiger partial charge in [-0.25, -0.2) is 4.39 Å². The Hall–Kier alpha value is -1.35. The molecule has 3 heteroatoms. The van der Waals surface area contributed by atoms with Crippen LogP contribution in [0.1, 0.15) is 38.1 Å². The van der Waals surface area contributed by atoms with E-state index in [9.17, 15) is 4.39 Å². The van der Waals surface area contributed by atoms with E-state index in [1.54, 1.807) is 6.07 Å². The number of furan rings is 1. The van der Waals surface area contributed by atoms with Crippen LogP contribution in [0.3, 0.4) is 0 Å². The third-order valence-corrected chi connectivity index (χ3v) is 3.15. The van der Waals surface area contributed by atoms with Crippen LogP contribution in [0.15, 0.2) is 22.6 Å². The van der Waals surface area contributed by atoms with Gasteiger partial charge in [0, 0.05) is 11.5 Å². The van der Waals surface area contributed by atoms with Crippen LogP contribution in [-0.2, 0) is 0 Å². The van der Waals surface area contributed by atoms with E-state index in [1.807, 2.05) is 6.92 Å². The maximum Gasteiger partial charge on any atom is 0.137 e. The van der Waals surface area contributed by atoms with Gasteiger partial charge in [-0.15, -0.1) is 0 Å². The number of hydrogen-bond acceptors (Lipinski definition) is 2. The lowest BCUT2D eigenvalue weighted by Gasteiger charge is -2.25. The molecule has 1 aromatic heterocycles. The summed E-state index contributed by atoms with van der Waals surface area (Å²) >= 11 is 0. The third-order valence-electron chi connectivity index (χ3n) is 3.15. The molecule has 1 aromatic carbocycles. The topological polar surface area (TPSA) is 39.2 Å². The Morgan fingerprint density at radius 1 is 1.29 bits per heavy atom. The summed E-state index contributed by atoms with van der Waals surface area (Å²) in [7, 11) is 0. The molecule has 92 valence electrons. The van der Waals surface area contributed by atoms with Crippen molar-refractivity contribution in [2.75, 3.05) is 0 Å². The standard InChI is InChI=1S/C14H18FNO/c1-8-10-6-5-9(15)7-11(10)17-12(8)13(16)14(2,3)4/h5-7,13H,16H2,1-4H3. The van der Waals surface area contributed by atoms with Crippen LogP contribution in [0, 0.1) is 18.2 Å². The quantitative estimate of drug-likeness (QED) is 0.813. The number of fused-ring (bicyclic) bond motifs is 1. The fourth-order valence-electron chi connectivity index (χ4n) is 1.91. The van der Waals surface area contributed by atoms with E-state index in [0.717, 1.165) is 16.7 Å². The van der Waals surface area contributed by atoms with Crippen molar-refractivity contribution in [1.82, 2.24) is 0 Å². The van der Waals surface area contributed by atoms with Crippen LogP contribution in [0.4, 0.5) is 4.39 Å². The fourth-order valence-corrected chi connectivity index (χ4v) is 1.91. The minimum Gasteiger partial charge on any atom is -0.459 e. The first-order valence-corrected chi connectivity index (χ1v) is 5.75. The highest BCUT2D eigenvalue weighted by atomic mass is 19.1. The Kier molecular flexibility index (Phi) is 2.74. The molecule has 0 aliphatic rings. The molecule has 1 unspecified atom stereocenters. The Morgan fingerprint density at radius 2 is 1.94 bits per heavy atom. The lowest BCUT2D eigenvalue weighted by molar-refractivity contribution is 0.289. The molecule has 0 spiro atoms. The second kappa shape index (κ2) is 3.84. The van der Waals surface area contributed by atoms with Gasteiger partial charge < -0.3 is 10.2 Å². The lowest BCUT2D eigenvalue weighted by Crippen LogP contribution is -2.26. The summed E-state index contributed by atoms with van der Waals surface area (Å²) in [5.74, 6) is 0.459. The predicted molar refractivity (Wildman–Crippen MR) is 67.3 cm³/mol. The number of rotatable bonds is 1. The molecule has 0 saturated carbocycles. The van der Waals surface area contributed by atoms with Gasteiger partial charge >= 0.3 is 0 Å². The predicted octanol–water partition coefficient (Wildman–Crippen LogP) is 3.93. The number of hydrogen-bond donors (Lipinski definition) is 1. The van der Waals surface area contributed by atoms with Crippen molar-refractivity contribution >= 4 is 11.0 Å². The maximum absolute atomic E-state index is 13.1. The van der Waals surface area contributed by atoms with Crippen LogP contribution in [-0.4, -0.2) is 0 Å². The first-order chi connectivity index (χ1) is 7.80. The molecular formula is C14H18FNO. The van der Waals surface area contributed by atoms with E-state index in [0.29, 0.717) is 5.58 Å². The molecule has 2 rings (SSSR count). The second-order valence-corrected chi connectivity index (χ2v) is 5.58. The summed E-state index contributed by atoms with van der Waals surface area (Å²) in [5.41, 5.74) is 7.67. The van der Waals surface area contributed by atoms with Crippen molar-refractivity contribution in [1.29, 1.82) is 0 Å². The van der Waals surface area contributed by atoms with Crippen molar-refractivity contribution in [3.05, 3.63) is 35.3 Å². The van der Waals surface area contributed by atoms with Gasteiger partial charge in [-0.3, -0.25) is 0 Å². The van der Waals surface area contributed by atoms with Crippen LogP contribution in [0.5, 0.6) is 0 Å². The molecule has 0 aliphatic heterocycles. The summed E-state index contributed by atoms with van der Waals surface area (Å²) in [6.07, 6.45) is 0. The summed E-state index contributed by atoms with van der Waals surface area (Å²) in [5, 5.41) is 0.932. The van der Waals surface area contributed by atoms with Crippen molar-refractivity contribution in [2.45, 2.75) is 33.7 Å². The van der Waals surface area contributed by atoms with Crippen molar-refractivity contribution in [2.24, 2.45) is 11.1 Å². The zero-order valence-corrected chi connectivity index (χ0v) is 10.7. The molecule has 2 N–H and O–H groups in total. The van der Waals surface area contributed by atoms with E-state index >= 15 is 0 Å². The van der Waals surface area contributed by atoms with Crippen LogP contribution >= 0.6 is 0 Å². The zero-order chi connectivity index (χ0) is 12.8. The van der Waals surface area contributed by atoms with E-state index in [2.05, 4.69) is 20.8 Å². The fraction of sp³-hybridized carbons (Fsp3) is 0.429. The van der Waals surface area contributed by atoms with Crippen LogP contribution < -0.4 is 5.73 Å². The van der Waals surface area contributed by atoms with Gasteiger partial charge in [0.1, 0.15) is 17.2 Å². The molecule has 0 amide bonds. The Balaban J connectivity index is 2.60. The highest BCUT2D eigenvalue weighted by Crippen LogP contribution is 2.36. The largest absolute Gasteiger partial charge is 0.459 e. The van der Waals surface area contributed by atoms with E-state index in [-0.39, 0.29) is 17.3 Å². The highest BCUT2D eigenvalue weighted by Gasteiger charge is 2.27. The number of nitrogens with two attached hydrogens (primary N) is 1. The summed E-state index contributed by atoms with van der Waals surface area (Å²) in [6.45, 7) is 8.14. The van der Waals surface area contributed by atoms with Crippen molar-refractivity contribution in [3.63, 3.8) is 0 Å². The van der Waals surface area contributed by atoms with Gasteiger partial charge in [-0.1, -0.05) is 20.8 Å². The minimum absolute atomic E-state index is 0.0861. The van der Waals surface area contributed by atoms with Crippen molar-refractivity contribution in [3.8, 4) is 0 Å². The minimum atomic E-state index is -0.290. The molecule has 0 aliphatic carbocycles. The third kappa shape index (κ3) is 2.07. The molecule has 0 radical (unpaired) electrons. The average Bonchev–Trinajstić information content (AvgIpc) is 2.53. The monoisotopic (exact) mass is 235 g/mol. The van der Waals surface area contributed by atoms with Gasteiger partial charge in [0.2, 0.25) is 0 Å². The first-order valence-electron chi connectivity index (χ1n) is 5.75. The maximum atomic E-state index is 13.1. The van der Waals surface area contributed by atoms with Gasteiger partial charge in [-0.05, 0) is 30.0 Å². The smallest absolute Gasteiger partial charge is 0.137 e. The summed E-state index contributed by atoms with van der Waals surface area (Å²) in [4.78, 5) is 0. The van der Waals surface area contributed by atoms with Crippen molar-refractivity contribution < 1.29 is 8.81 Å². The van der Waals surface area contributed by atoms with Gasteiger partial charge in [0.15, 0.2) is 0 Å². The number of aryl methyl sites for hydroxylation is 1. The highest BCUT2D eigenvalue weighted by molar-refractivity contribution is 5.82. The molecular weight excluding hydrogens is 217 g/mol. The lowest BCUT2D eigenvalue weighted by atomic mass is 9.85. The SMILES string of the molecule is Cc1c(C(N)C(C)(C)C)oc2cc(F)ccc12. The first kappa shape index (κ1) is 12.1. The molecule has 1 heterocycles. The molecule has 0 saturated heterocycles. The van der Waals surface area contributed by atoms with E-state index in [4.69, 9.17) is 10.2 Å². The van der Waals surface area contributed by atoms with Crippen LogP contribution in [0.25, 0.3) is 11.0 Å². The molecule has 2 nitrogen and oxygen atoms in total. The van der Waals surface area contributed by atoms with E-state index in [1.165, 1.54) is 12.1 Å². The Bertz CT molecular complexity index is 551. The Morgan fingerprint density at radius 3 is 2.53 bits per heavy atom. The van der Waals surface area contributed by atoms with Crippen LogP contribution in [0.2, 0.25) is 0 Å². The second-order valence-electron chi connectivity index (χ2n) is 5.58. The molecule has 0 bridgehead atoms. The molecule has 0 fully saturated rings. The zero-order valence-electron chi connectivity index (χ0n) is 10.7. The number of halogens is 1. The molecule has 2 aromatic rings. The molecule has 17 heavy (non-hydrogen) atoms. The normalized spacial score (nSPS) is 14.2. The molecule has 1 atom stereocenters.